The Balaban J connectivity index is 3.79. The highest BCUT2D eigenvalue weighted by atomic mass is 32.2. The Hall–Kier alpha value is -1.02. The van der Waals surface area contributed by atoms with Crippen molar-refractivity contribution in [2.24, 2.45) is 0 Å². The van der Waals surface area contributed by atoms with Crippen LogP contribution in [0.1, 0.15) is 12.8 Å². The van der Waals surface area contributed by atoms with Gasteiger partial charge in [-0.1, -0.05) is 5.92 Å². The maximum absolute atomic E-state index is 10.9. The van der Waals surface area contributed by atoms with Gasteiger partial charge in [-0.25, -0.2) is 8.42 Å². The number of carboxylic acid groups (broad SMARTS) is 1. The van der Waals surface area contributed by atoms with Crippen molar-refractivity contribution in [1.82, 2.24) is 0 Å². The van der Waals surface area contributed by atoms with Crippen LogP contribution >= 0.6 is 0 Å². The molecule has 0 aromatic carbocycles. The van der Waals surface area contributed by atoms with Crippen molar-refractivity contribution in [3.05, 3.63) is 0 Å². The first-order valence-corrected chi connectivity index (χ1v) is 5.16. The number of carboxylic acids is 1. The van der Waals surface area contributed by atoms with Gasteiger partial charge in [0.05, 0.1) is 5.75 Å². The Morgan fingerprint density at radius 1 is 1.50 bits per heavy atom. The van der Waals surface area contributed by atoms with E-state index in [4.69, 9.17) is 11.5 Å². The first-order valence-electron chi connectivity index (χ1n) is 3.33. The van der Waals surface area contributed by atoms with Crippen molar-refractivity contribution in [2.45, 2.75) is 12.8 Å². The monoisotopic (exact) mass is 190 g/mol. The number of sulfone groups is 1. The maximum Gasteiger partial charge on any atom is 0.303 e. The molecule has 0 heterocycles. The molecular weight excluding hydrogens is 180 g/mol. The molecule has 12 heavy (non-hydrogen) atoms. The summed E-state index contributed by atoms with van der Waals surface area (Å²) in [5.41, 5.74) is 0. The molecule has 0 aliphatic heterocycles. The second kappa shape index (κ2) is 4.78. The lowest BCUT2D eigenvalue weighted by Crippen LogP contribution is -2.10. The van der Waals surface area contributed by atoms with Gasteiger partial charge in [0.1, 0.15) is 5.75 Å². The highest BCUT2D eigenvalue weighted by Crippen LogP contribution is 1.96. The summed E-state index contributed by atoms with van der Waals surface area (Å²) >= 11 is 0. The van der Waals surface area contributed by atoms with Crippen LogP contribution < -0.4 is 0 Å². The van der Waals surface area contributed by atoms with Gasteiger partial charge >= 0.3 is 5.97 Å². The molecule has 0 rings (SSSR count). The summed E-state index contributed by atoms with van der Waals surface area (Å²) in [6.45, 7) is 0. The third-order valence-corrected chi connectivity index (χ3v) is 2.67. The van der Waals surface area contributed by atoms with E-state index in [-0.39, 0.29) is 24.3 Å². The quantitative estimate of drug-likeness (QED) is 0.614. The standard InChI is InChI=1S/C7H10O4S/c1-2-5-12(10,11)6-3-4-7(8)9/h1H,3-6H2,(H,8,9). The average molecular weight is 190 g/mol. The molecule has 5 heteroatoms. The fourth-order valence-corrected chi connectivity index (χ4v) is 1.62. The van der Waals surface area contributed by atoms with Gasteiger partial charge in [0.2, 0.25) is 0 Å². The van der Waals surface area contributed by atoms with Gasteiger partial charge in [0.25, 0.3) is 0 Å². The first-order chi connectivity index (χ1) is 5.48. The molecule has 0 bridgehead atoms. The van der Waals surface area contributed by atoms with Crippen molar-refractivity contribution >= 4 is 15.8 Å². The highest BCUT2D eigenvalue weighted by molar-refractivity contribution is 7.91. The topological polar surface area (TPSA) is 71.4 Å². The van der Waals surface area contributed by atoms with Crippen LogP contribution in [-0.2, 0) is 14.6 Å². The van der Waals surface area contributed by atoms with Gasteiger partial charge in [-0.15, -0.1) is 6.42 Å². The Bertz CT molecular complexity index is 283. The van der Waals surface area contributed by atoms with Gasteiger partial charge < -0.3 is 5.11 Å². The second-order valence-corrected chi connectivity index (χ2v) is 4.48. The van der Waals surface area contributed by atoms with E-state index >= 15 is 0 Å². The number of carbonyl (C=O) groups is 1. The van der Waals surface area contributed by atoms with Crippen molar-refractivity contribution in [2.75, 3.05) is 11.5 Å². The normalized spacial score (nSPS) is 10.6. The number of terminal acetylenes is 1. The zero-order valence-corrected chi connectivity index (χ0v) is 7.30. The van der Waals surface area contributed by atoms with E-state index in [0.29, 0.717) is 0 Å². The van der Waals surface area contributed by atoms with E-state index in [1.54, 1.807) is 0 Å². The molecule has 0 saturated carbocycles. The summed E-state index contributed by atoms with van der Waals surface area (Å²) in [5, 5.41) is 8.21. The predicted molar refractivity (Wildman–Crippen MR) is 44.4 cm³/mol. The molecule has 68 valence electrons. The lowest BCUT2D eigenvalue weighted by atomic mass is 10.3. The molecule has 0 unspecified atom stereocenters. The van der Waals surface area contributed by atoms with Crippen LogP contribution in [0.5, 0.6) is 0 Å². The van der Waals surface area contributed by atoms with E-state index in [9.17, 15) is 13.2 Å². The third kappa shape index (κ3) is 5.74. The van der Waals surface area contributed by atoms with E-state index in [0.717, 1.165) is 0 Å². The zero-order valence-electron chi connectivity index (χ0n) is 6.49. The van der Waals surface area contributed by atoms with Crippen molar-refractivity contribution in [1.29, 1.82) is 0 Å². The molecule has 0 saturated heterocycles. The van der Waals surface area contributed by atoms with E-state index < -0.39 is 15.8 Å². The highest BCUT2D eigenvalue weighted by Gasteiger charge is 2.09. The summed E-state index contributed by atoms with van der Waals surface area (Å²) in [6, 6.07) is 0. The summed E-state index contributed by atoms with van der Waals surface area (Å²) in [7, 11) is -3.23. The lowest BCUT2D eigenvalue weighted by Gasteiger charge is -1.96. The van der Waals surface area contributed by atoms with Crippen LogP contribution in [0.25, 0.3) is 0 Å². The van der Waals surface area contributed by atoms with Gasteiger partial charge in [-0.3, -0.25) is 4.79 Å². The largest absolute Gasteiger partial charge is 0.481 e. The number of hydrogen-bond donors (Lipinski definition) is 1. The first kappa shape index (κ1) is 11.0. The molecule has 0 aromatic rings. The van der Waals surface area contributed by atoms with Gasteiger partial charge in [-0.05, 0) is 6.42 Å². The van der Waals surface area contributed by atoms with E-state index in [2.05, 4.69) is 0 Å². The minimum Gasteiger partial charge on any atom is -0.481 e. The van der Waals surface area contributed by atoms with Crippen molar-refractivity contribution < 1.29 is 18.3 Å². The van der Waals surface area contributed by atoms with Crippen LogP contribution in [0.15, 0.2) is 0 Å². The fraction of sp³-hybridized carbons (Fsp3) is 0.571. The summed E-state index contributed by atoms with van der Waals surface area (Å²) in [5.74, 6) is 0.554. The lowest BCUT2D eigenvalue weighted by molar-refractivity contribution is -0.137. The van der Waals surface area contributed by atoms with Crippen LogP contribution in [0.2, 0.25) is 0 Å². The van der Waals surface area contributed by atoms with Gasteiger partial charge in [0.15, 0.2) is 9.84 Å². The van der Waals surface area contributed by atoms with Gasteiger partial charge in [0, 0.05) is 6.42 Å². The molecule has 0 atom stereocenters. The number of rotatable bonds is 5. The Morgan fingerprint density at radius 2 is 2.08 bits per heavy atom. The molecule has 0 spiro atoms. The molecule has 0 aliphatic carbocycles. The molecule has 1 N–H and O–H groups in total. The third-order valence-electron chi connectivity index (χ3n) is 1.15. The van der Waals surface area contributed by atoms with Crippen LogP contribution in [0, 0.1) is 12.3 Å². The summed E-state index contributed by atoms with van der Waals surface area (Å²) < 4.78 is 21.8. The minimum absolute atomic E-state index is 0.124. The molecule has 0 fully saturated rings. The van der Waals surface area contributed by atoms with E-state index in [1.165, 1.54) is 0 Å². The minimum atomic E-state index is -3.23. The average Bonchev–Trinajstić information content (AvgIpc) is 1.85. The zero-order chi connectivity index (χ0) is 9.61. The van der Waals surface area contributed by atoms with Crippen LogP contribution in [0.3, 0.4) is 0 Å². The van der Waals surface area contributed by atoms with Crippen LogP contribution in [-0.4, -0.2) is 31.0 Å². The Kier molecular flexibility index (Phi) is 4.37. The molecule has 4 nitrogen and oxygen atoms in total. The van der Waals surface area contributed by atoms with E-state index in [1.807, 2.05) is 5.92 Å². The SMILES string of the molecule is C#CCS(=O)(=O)CCCC(=O)O. The molecular formula is C7H10O4S. The molecule has 0 radical (unpaired) electrons. The van der Waals surface area contributed by atoms with Crippen molar-refractivity contribution in [3.63, 3.8) is 0 Å². The number of hydrogen-bond acceptors (Lipinski definition) is 3. The fourth-order valence-electron chi connectivity index (χ4n) is 0.642. The maximum atomic E-state index is 10.9. The predicted octanol–water partition coefficient (Wildman–Crippen LogP) is -0.101. The summed E-state index contributed by atoms with van der Waals surface area (Å²) in [4.78, 5) is 10.0. The molecule has 0 amide bonds. The molecule has 0 aliphatic rings. The van der Waals surface area contributed by atoms with Crippen LogP contribution in [0.4, 0.5) is 0 Å². The molecule has 0 aromatic heterocycles. The van der Waals surface area contributed by atoms with Gasteiger partial charge in [-0.2, -0.15) is 0 Å². The smallest absolute Gasteiger partial charge is 0.303 e. The number of aliphatic carboxylic acids is 1. The Labute approximate surface area is 71.5 Å². The van der Waals surface area contributed by atoms with Crippen molar-refractivity contribution in [3.8, 4) is 12.3 Å². The Morgan fingerprint density at radius 3 is 2.50 bits per heavy atom. The second-order valence-electron chi connectivity index (χ2n) is 2.29. The summed E-state index contributed by atoms with van der Waals surface area (Å²) in [6.07, 6.45) is 4.79.